The van der Waals surface area contributed by atoms with Crippen LogP contribution in [-0.4, -0.2) is 23.4 Å². The molecule has 0 spiro atoms. The Hall–Kier alpha value is -2.72. The largest absolute Gasteiger partial charge is 0.451 e. The predicted molar refractivity (Wildman–Crippen MR) is 125 cm³/mol. The van der Waals surface area contributed by atoms with Crippen LogP contribution in [-0.2, 0) is 6.54 Å². The minimum absolute atomic E-state index is 0.205. The molecule has 0 unspecified atom stereocenters. The van der Waals surface area contributed by atoms with E-state index in [1.54, 1.807) is 6.07 Å². The van der Waals surface area contributed by atoms with Crippen molar-refractivity contribution in [2.75, 3.05) is 5.75 Å². The van der Waals surface area contributed by atoms with Crippen LogP contribution in [0.1, 0.15) is 41.8 Å². The molecular formula is C25H27NO2S. The molecule has 3 aromatic rings. The topological polar surface area (TPSA) is 42.2 Å². The van der Waals surface area contributed by atoms with Crippen molar-refractivity contribution in [3.8, 4) is 0 Å². The standard InChI is InChI=1S/C25H27NO2S/c1-29(2,18-20-8-4-3-5-9-20)22-14-12-19(13-15-22)17-26-25(27)24-16-21-10-6-7-11-23(21)28-24/h6-8,10-16H,1-5,9,17-18H2,(H,26,27). The molecule has 1 N–H and O–H groups in total. The zero-order chi connectivity index (χ0) is 20.3. The number of rotatable bonds is 6. The van der Waals surface area contributed by atoms with Crippen LogP contribution in [0.2, 0.25) is 0 Å². The van der Waals surface area contributed by atoms with Crippen LogP contribution >= 0.6 is 9.21 Å². The van der Waals surface area contributed by atoms with Gasteiger partial charge < -0.3 is 9.73 Å². The predicted octanol–water partition coefficient (Wildman–Crippen LogP) is 5.89. The summed E-state index contributed by atoms with van der Waals surface area (Å²) in [4.78, 5) is 13.6. The lowest BCUT2D eigenvalue weighted by molar-refractivity contribution is 0.0925. The molecule has 1 heterocycles. The average Bonchev–Trinajstić information content (AvgIpc) is 3.17. The van der Waals surface area contributed by atoms with E-state index in [0.29, 0.717) is 12.3 Å². The molecule has 150 valence electrons. The van der Waals surface area contributed by atoms with Crippen LogP contribution in [0.4, 0.5) is 0 Å². The summed E-state index contributed by atoms with van der Waals surface area (Å²) >= 11 is 0. The highest BCUT2D eigenvalue weighted by Crippen LogP contribution is 2.36. The third kappa shape index (κ3) is 4.65. The third-order valence-corrected chi connectivity index (χ3v) is 7.57. The van der Waals surface area contributed by atoms with Gasteiger partial charge in [0.15, 0.2) is 5.76 Å². The van der Waals surface area contributed by atoms with E-state index in [2.05, 4.69) is 47.4 Å². The van der Waals surface area contributed by atoms with Gasteiger partial charge in [-0.2, -0.15) is 9.21 Å². The summed E-state index contributed by atoms with van der Waals surface area (Å²) in [5, 5.41) is 3.86. The van der Waals surface area contributed by atoms with Gasteiger partial charge in [0.1, 0.15) is 5.58 Å². The van der Waals surface area contributed by atoms with E-state index in [1.807, 2.05) is 24.3 Å². The molecule has 0 radical (unpaired) electrons. The summed E-state index contributed by atoms with van der Waals surface area (Å²) in [6.45, 7) is 0.456. The maximum absolute atomic E-state index is 12.4. The molecule has 0 bridgehead atoms. The van der Waals surface area contributed by atoms with E-state index in [9.17, 15) is 4.79 Å². The molecule has 4 rings (SSSR count). The Balaban J connectivity index is 1.38. The van der Waals surface area contributed by atoms with Gasteiger partial charge in [-0.3, -0.25) is 4.79 Å². The fourth-order valence-corrected chi connectivity index (χ4v) is 5.59. The number of hydrogen-bond acceptors (Lipinski definition) is 2. The van der Waals surface area contributed by atoms with E-state index in [0.717, 1.165) is 22.3 Å². The smallest absolute Gasteiger partial charge is 0.287 e. The van der Waals surface area contributed by atoms with Crippen molar-refractivity contribution < 1.29 is 9.21 Å². The zero-order valence-electron chi connectivity index (χ0n) is 16.7. The van der Waals surface area contributed by atoms with Gasteiger partial charge in [0, 0.05) is 17.7 Å². The number of furan rings is 1. The monoisotopic (exact) mass is 405 g/mol. The molecule has 1 aromatic heterocycles. The average molecular weight is 406 g/mol. The number of amides is 1. The minimum Gasteiger partial charge on any atom is -0.451 e. The zero-order valence-corrected chi connectivity index (χ0v) is 17.5. The fourth-order valence-electron chi connectivity index (χ4n) is 3.73. The Morgan fingerprint density at radius 1 is 1.07 bits per heavy atom. The van der Waals surface area contributed by atoms with Crippen molar-refractivity contribution in [3.63, 3.8) is 0 Å². The fraction of sp³-hybridized carbons (Fsp3) is 0.240. The number of allylic oxidation sites excluding steroid dienone is 1. The molecule has 3 nitrogen and oxygen atoms in total. The van der Waals surface area contributed by atoms with Gasteiger partial charge in [0.05, 0.1) is 0 Å². The molecule has 0 fully saturated rings. The van der Waals surface area contributed by atoms with Gasteiger partial charge in [0.2, 0.25) is 0 Å². The Bertz CT molecular complexity index is 1120. The second-order valence-corrected chi connectivity index (χ2v) is 10.6. The molecule has 1 aliphatic rings. The van der Waals surface area contributed by atoms with Crippen molar-refractivity contribution in [1.29, 1.82) is 0 Å². The summed E-state index contributed by atoms with van der Waals surface area (Å²) in [6, 6.07) is 17.7. The Morgan fingerprint density at radius 2 is 1.86 bits per heavy atom. The highest BCUT2D eigenvalue weighted by Gasteiger charge is 2.12. The van der Waals surface area contributed by atoms with E-state index in [4.69, 9.17) is 4.42 Å². The summed E-state index contributed by atoms with van der Waals surface area (Å²) < 4.78 is 5.62. The molecule has 4 heteroatoms. The van der Waals surface area contributed by atoms with E-state index < -0.39 is 9.21 Å². The summed E-state index contributed by atoms with van der Waals surface area (Å²) in [5.74, 6) is 10.0. The normalized spacial score (nSPS) is 14.6. The van der Waals surface area contributed by atoms with Crippen molar-refractivity contribution in [2.45, 2.75) is 37.1 Å². The molecule has 1 aliphatic carbocycles. The highest BCUT2D eigenvalue weighted by atomic mass is 32.2. The van der Waals surface area contributed by atoms with Gasteiger partial charge in [-0.25, -0.2) is 0 Å². The maximum atomic E-state index is 12.4. The SMILES string of the molecule is C=S(=C)(CC1=CCCCC1)c1ccc(CNC(=O)c2cc3ccccc3o2)cc1. The lowest BCUT2D eigenvalue weighted by Crippen LogP contribution is -2.22. The third-order valence-electron chi connectivity index (χ3n) is 5.37. The molecule has 0 aliphatic heterocycles. The van der Waals surface area contributed by atoms with Crippen LogP contribution in [0.25, 0.3) is 11.0 Å². The Morgan fingerprint density at radius 3 is 2.59 bits per heavy atom. The minimum atomic E-state index is -1.34. The summed E-state index contributed by atoms with van der Waals surface area (Å²) in [7, 11) is -1.34. The number of hydrogen-bond donors (Lipinski definition) is 1. The van der Waals surface area contributed by atoms with Gasteiger partial charge in [-0.1, -0.05) is 53.7 Å². The second-order valence-electron chi connectivity index (χ2n) is 7.77. The molecule has 0 saturated heterocycles. The van der Waals surface area contributed by atoms with Gasteiger partial charge in [-0.05, 0) is 60.4 Å². The number of para-hydroxylation sites is 1. The quantitative estimate of drug-likeness (QED) is 0.410. The van der Waals surface area contributed by atoms with Crippen molar-refractivity contribution in [3.05, 3.63) is 77.6 Å². The van der Waals surface area contributed by atoms with Crippen LogP contribution in [0.3, 0.4) is 0 Å². The lowest BCUT2D eigenvalue weighted by Gasteiger charge is -2.20. The first-order valence-electron chi connectivity index (χ1n) is 10.0. The van der Waals surface area contributed by atoms with Crippen LogP contribution < -0.4 is 5.32 Å². The van der Waals surface area contributed by atoms with Gasteiger partial charge in [-0.15, -0.1) is 0 Å². The maximum Gasteiger partial charge on any atom is 0.287 e. The number of carbonyl (C=O) groups is 1. The number of fused-ring (bicyclic) bond motifs is 1. The molecule has 2 aromatic carbocycles. The first-order valence-corrected chi connectivity index (χ1v) is 12.2. The van der Waals surface area contributed by atoms with Crippen molar-refractivity contribution >= 4 is 37.8 Å². The van der Waals surface area contributed by atoms with Crippen molar-refractivity contribution in [2.24, 2.45) is 0 Å². The number of benzene rings is 2. The van der Waals surface area contributed by atoms with E-state index in [-0.39, 0.29) is 5.91 Å². The molecule has 0 atom stereocenters. The van der Waals surface area contributed by atoms with Crippen LogP contribution in [0, 0.1) is 0 Å². The van der Waals surface area contributed by atoms with Crippen molar-refractivity contribution in [1.82, 2.24) is 5.32 Å². The molecule has 1 amide bonds. The molecule has 0 saturated carbocycles. The Kier molecular flexibility index (Phi) is 5.63. The van der Waals surface area contributed by atoms with E-state index >= 15 is 0 Å². The lowest BCUT2D eigenvalue weighted by atomic mass is 10.0. The van der Waals surface area contributed by atoms with Gasteiger partial charge in [0.25, 0.3) is 5.91 Å². The van der Waals surface area contributed by atoms with Crippen LogP contribution in [0.15, 0.2) is 75.6 Å². The Labute approximate surface area is 172 Å². The number of nitrogens with one attached hydrogen (secondary N) is 1. The summed E-state index contributed by atoms with van der Waals surface area (Å²) in [5.41, 5.74) is 3.28. The molecular weight excluding hydrogens is 378 g/mol. The highest BCUT2D eigenvalue weighted by molar-refractivity contribution is 8.27. The molecule has 29 heavy (non-hydrogen) atoms. The van der Waals surface area contributed by atoms with Gasteiger partial charge >= 0.3 is 0 Å². The first-order chi connectivity index (χ1) is 14.0. The van der Waals surface area contributed by atoms with E-state index in [1.165, 1.54) is 36.2 Å². The number of carbonyl (C=O) groups excluding carboxylic acids is 1. The second kappa shape index (κ2) is 8.34. The first kappa shape index (κ1) is 19.6. The van der Waals surface area contributed by atoms with Crippen LogP contribution in [0.5, 0.6) is 0 Å². The summed E-state index contributed by atoms with van der Waals surface area (Å²) in [6.07, 6.45) is 7.34.